The minimum absolute atomic E-state index is 0.0508. The summed E-state index contributed by atoms with van der Waals surface area (Å²) >= 11 is 0.701. The van der Waals surface area contributed by atoms with E-state index in [0.717, 1.165) is 5.69 Å². The van der Waals surface area contributed by atoms with Crippen molar-refractivity contribution in [1.82, 2.24) is 9.71 Å². The van der Waals surface area contributed by atoms with Crippen molar-refractivity contribution >= 4 is 27.0 Å². The number of nitrogens with zero attached hydrogens (tertiary/aromatic N) is 1. The lowest BCUT2D eigenvalue weighted by molar-refractivity contribution is 0.583. The second kappa shape index (κ2) is 6.42. The molecule has 0 aliphatic rings. The van der Waals surface area contributed by atoms with Crippen molar-refractivity contribution in [2.24, 2.45) is 0 Å². The second-order valence-electron chi connectivity index (χ2n) is 4.58. The molecular weight excluding hydrogens is 310 g/mol. The molecule has 0 atom stereocenters. The molecule has 2 N–H and O–H groups in total. The van der Waals surface area contributed by atoms with Gasteiger partial charge in [0.2, 0.25) is 0 Å². The van der Waals surface area contributed by atoms with Gasteiger partial charge in [0.1, 0.15) is 0 Å². The van der Waals surface area contributed by atoms with E-state index in [1.165, 1.54) is 0 Å². The number of anilines is 1. The van der Waals surface area contributed by atoms with Gasteiger partial charge in [0.05, 0.1) is 0 Å². The van der Waals surface area contributed by atoms with Crippen LogP contribution in [0.3, 0.4) is 0 Å². The van der Waals surface area contributed by atoms with Crippen LogP contribution in [0.5, 0.6) is 0 Å². The van der Waals surface area contributed by atoms with E-state index in [-0.39, 0.29) is 15.6 Å². The number of para-hydroxylation sites is 1. The van der Waals surface area contributed by atoms with Crippen LogP contribution < -0.4 is 14.5 Å². The van der Waals surface area contributed by atoms with Gasteiger partial charge in [-0.1, -0.05) is 29.5 Å². The van der Waals surface area contributed by atoms with Crippen LogP contribution in [-0.4, -0.2) is 33.5 Å². The normalized spacial score (nSPS) is 11.5. The Balaban J connectivity index is 1.97. The van der Waals surface area contributed by atoms with Crippen LogP contribution in [0, 0.1) is 6.92 Å². The monoisotopic (exact) mass is 327 g/mol. The molecule has 2 aromatic rings. The maximum Gasteiger partial charge on any atom is 0.305 e. The molecule has 0 aliphatic carbocycles. The number of hydrogen-bond donors (Lipinski definition) is 2. The number of H-pyrrole nitrogens is 1. The fraction of sp³-hybridized carbons (Fsp3) is 0.308. The zero-order chi connectivity index (χ0) is 15.5. The van der Waals surface area contributed by atoms with E-state index >= 15 is 0 Å². The van der Waals surface area contributed by atoms with Gasteiger partial charge in [-0.15, -0.1) is 0 Å². The summed E-state index contributed by atoms with van der Waals surface area (Å²) in [6, 6.07) is 9.69. The molecule has 0 aliphatic heterocycles. The van der Waals surface area contributed by atoms with Gasteiger partial charge < -0.3 is 9.88 Å². The highest BCUT2D eigenvalue weighted by Gasteiger charge is 2.20. The predicted octanol–water partition coefficient (Wildman–Crippen LogP) is 1.16. The third-order valence-electron chi connectivity index (χ3n) is 2.96. The van der Waals surface area contributed by atoms with Gasteiger partial charge >= 0.3 is 4.87 Å². The second-order valence-corrected chi connectivity index (χ2v) is 7.53. The fourth-order valence-corrected chi connectivity index (χ4v) is 4.24. The van der Waals surface area contributed by atoms with Gasteiger partial charge in [-0.05, 0) is 19.1 Å². The molecule has 2 rings (SSSR count). The van der Waals surface area contributed by atoms with E-state index in [1.807, 2.05) is 42.3 Å². The molecule has 1 heterocycles. The highest BCUT2D eigenvalue weighted by Crippen LogP contribution is 2.15. The van der Waals surface area contributed by atoms with Gasteiger partial charge in [0, 0.05) is 31.5 Å². The van der Waals surface area contributed by atoms with Crippen molar-refractivity contribution < 1.29 is 8.42 Å². The Labute approximate surface area is 127 Å². The molecule has 0 fully saturated rings. The lowest BCUT2D eigenvalue weighted by Gasteiger charge is -2.19. The summed E-state index contributed by atoms with van der Waals surface area (Å²) in [5.74, 6) is 0. The maximum absolute atomic E-state index is 12.1. The van der Waals surface area contributed by atoms with Gasteiger partial charge in [0.25, 0.3) is 10.0 Å². The zero-order valence-electron chi connectivity index (χ0n) is 11.8. The molecule has 1 aromatic carbocycles. The molecule has 0 saturated carbocycles. The predicted molar refractivity (Wildman–Crippen MR) is 84.6 cm³/mol. The fourth-order valence-electron chi connectivity index (χ4n) is 1.87. The average Bonchev–Trinajstić information content (AvgIpc) is 2.79. The standard InChI is InChI=1S/C13H17N3O3S2/c1-10-12(20-13(17)15-10)21(18,19)14-8-9-16(2)11-6-4-3-5-7-11/h3-7,14H,8-9H2,1-2H3,(H,15,17). The first-order valence-corrected chi connectivity index (χ1v) is 8.65. The zero-order valence-corrected chi connectivity index (χ0v) is 13.4. The highest BCUT2D eigenvalue weighted by molar-refractivity contribution is 7.91. The van der Waals surface area contributed by atoms with Gasteiger partial charge in [-0.2, -0.15) is 0 Å². The van der Waals surface area contributed by atoms with Crippen LogP contribution in [0.15, 0.2) is 39.3 Å². The molecule has 8 heteroatoms. The number of aromatic nitrogens is 1. The molecule has 1 aromatic heterocycles. The smallest absolute Gasteiger partial charge is 0.305 e. The molecule has 0 amide bonds. The molecule has 0 saturated heterocycles. The topological polar surface area (TPSA) is 82.3 Å². The van der Waals surface area contributed by atoms with E-state index < -0.39 is 10.0 Å². The Hall–Kier alpha value is -1.64. The number of sulfonamides is 1. The van der Waals surface area contributed by atoms with Crippen molar-refractivity contribution in [3.63, 3.8) is 0 Å². The Morgan fingerprint density at radius 2 is 1.95 bits per heavy atom. The van der Waals surface area contributed by atoms with Crippen molar-refractivity contribution in [3.05, 3.63) is 45.7 Å². The summed E-state index contributed by atoms with van der Waals surface area (Å²) in [4.78, 5) is 15.2. The summed E-state index contributed by atoms with van der Waals surface area (Å²) in [6.45, 7) is 2.36. The molecular formula is C13H17N3O3S2. The van der Waals surface area contributed by atoms with Crippen molar-refractivity contribution in [2.45, 2.75) is 11.1 Å². The van der Waals surface area contributed by atoms with Crippen molar-refractivity contribution in [1.29, 1.82) is 0 Å². The Morgan fingerprint density at radius 1 is 1.29 bits per heavy atom. The highest BCUT2D eigenvalue weighted by atomic mass is 32.2. The summed E-state index contributed by atoms with van der Waals surface area (Å²) < 4.78 is 26.8. The van der Waals surface area contributed by atoms with E-state index in [4.69, 9.17) is 0 Å². The molecule has 6 nitrogen and oxygen atoms in total. The van der Waals surface area contributed by atoms with Crippen molar-refractivity contribution in [2.75, 3.05) is 25.0 Å². The SMILES string of the molecule is Cc1[nH]c(=O)sc1S(=O)(=O)NCCN(C)c1ccccc1. The number of aryl methyl sites for hydroxylation is 1. The van der Waals surface area contributed by atoms with Gasteiger partial charge in [-0.3, -0.25) is 4.79 Å². The van der Waals surface area contributed by atoms with Crippen LogP contribution in [-0.2, 0) is 10.0 Å². The third-order valence-corrected chi connectivity index (χ3v) is 6.03. The summed E-state index contributed by atoms with van der Waals surface area (Å²) in [6.07, 6.45) is 0. The first-order chi connectivity index (χ1) is 9.90. The quantitative estimate of drug-likeness (QED) is 0.834. The molecule has 114 valence electrons. The number of benzene rings is 1. The Morgan fingerprint density at radius 3 is 2.52 bits per heavy atom. The van der Waals surface area contributed by atoms with E-state index in [0.29, 0.717) is 23.6 Å². The molecule has 21 heavy (non-hydrogen) atoms. The van der Waals surface area contributed by atoms with E-state index in [1.54, 1.807) is 6.92 Å². The van der Waals surface area contributed by atoms with Crippen LogP contribution in [0.4, 0.5) is 5.69 Å². The van der Waals surface area contributed by atoms with Crippen LogP contribution in [0.2, 0.25) is 0 Å². The largest absolute Gasteiger partial charge is 0.373 e. The number of nitrogens with one attached hydrogen (secondary N) is 2. The number of aromatic amines is 1. The minimum atomic E-state index is -3.64. The lowest BCUT2D eigenvalue weighted by atomic mass is 10.3. The molecule has 0 spiro atoms. The lowest BCUT2D eigenvalue weighted by Crippen LogP contribution is -2.32. The summed E-state index contributed by atoms with van der Waals surface area (Å²) in [5.41, 5.74) is 1.38. The van der Waals surface area contributed by atoms with Crippen molar-refractivity contribution in [3.8, 4) is 0 Å². The van der Waals surface area contributed by atoms with E-state index in [9.17, 15) is 13.2 Å². The van der Waals surface area contributed by atoms with Crippen LogP contribution >= 0.6 is 11.3 Å². The molecule has 0 unspecified atom stereocenters. The van der Waals surface area contributed by atoms with Crippen LogP contribution in [0.25, 0.3) is 0 Å². The first kappa shape index (κ1) is 15.7. The number of rotatable bonds is 6. The minimum Gasteiger partial charge on any atom is -0.373 e. The molecule has 0 bridgehead atoms. The number of thiazole rings is 1. The van der Waals surface area contributed by atoms with Crippen LogP contribution in [0.1, 0.15) is 5.69 Å². The molecule has 0 radical (unpaired) electrons. The number of hydrogen-bond acceptors (Lipinski definition) is 5. The van der Waals surface area contributed by atoms with Gasteiger partial charge in [0.15, 0.2) is 4.21 Å². The summed E-state index contributed by atoms with van der Waals surface area (Å²) in [7, 11) is -1.74. The van der Waals surface area contributed by atoms with Gasteiger partial charge in [-0.25, -0.2) is 13.1 Å². The van der Waals surface area contributed by atoms with E-state index in [2.05, 4.69) is 9.71 Å². The average molecular weight is 327 g/mol. The third kappa shape index (κ3) is 3.93. The maximum atomic E-state index is 12.1. The number of likely N-dealkylation sites (N-methyl/N-ethyl adjacent to an activating group) is 1. The summed E-state index contributed by atoms with van der Waals surface area (Å²) in [5, 5.41) is 0. The Kier molecular flexibility index (Phi) is 4.81. The first-order valence-electron chi connectivity index (χ1n) is 6.36. The Bertz CT molecular complexity index is 750.